The molecule has 1 fully saturated rings. The molecule has 1 saturated heterocycles. The Morgan fingerprint density at radius 2 is 2.21 bits per heavy atom. The van der Waals surface area contributed by atoms with Crippen molar-refractivity contribution < 1.29 is 14.7 Å². The number of aromatic hydroxyl groups is 1. The third kappa shape index (κ3) is 3.15. The predicted octanol–water partition coefficient (Wildman–Crippen LogP) is 0.373. The summed E-state index contributed by atoms with van der Waals surface area (Å²) in [5.74, 6) is -0.662. The monoisotopic (exact) mass is 263 g/mol. The Balaban J connectivity index is 2.11. The molecule has 1 aromatic rings. The number of anilines is 1. The summed E-state index contributed by atoms with van der Waals surface area (Å²) in [7, 11) is 0. The molecule has 6 nitrogen and oxygen atoms in total. The first-order chi connectivity index (χ1) is 9.08. The van der Waals surface area contributed by atoms with Crippen LogP contribution in [0, 0.1) is 0 Å². The van der Waals surface area contributed by atoms with Crippen LogP contribution in [-0.4, -0.2) is 29.5 Å². The number of hydrogen-bond donors (Lipinski definition) is 4. The smallest absolute Gasteiger partial charge is 0.254 e. The highest BCUT2D eigenvalue weighted by Crippen LogP contribution is 2.18. The Morgan fingerprint density at radius 1 is 1.42 bits per heavy atom. The third-order valence-corrected chi connectivity index (χ3v) is 3.12. The van der Waals surface area contributed by atoms with Crippen LogP contribution in [0.25, 0.3) is 0 Å². The van der Waals surface area contributed by atoms with Crippen molar-refractivity contribution in [3.63, 3.8) is 0 Å². The summed E-state index contributed by atoms with van der Waals surface area (Å²) in [4.78, 5) is 23.8. The normalized spacial score (nSPS) is 19.4. The molecule has 1 aliphatic rings. The lowest BCUT2D eigenvalue weighted by Crippen LogP contribution is -2.45. The number of nitrogens with two attached hydrogens (primary N) is 1. The molecule has 2 rings (SSSR count). The van der Waals surface area contributed by atoms with Crippen LogP contribution in [0.3, 0.4) is 0 Å². The maximum atomic E-state index is 12.1. The van der Waals surface area contributed by atoms with Crippen molar-refractivity contribution in [3.05, 3.63) is 23.8 Å². The Hall–Kier alpha value is -2.24. The minimum absolute atomic E-state index is 0.0373. The SMILES string of the molecule is Nc1ccc(O)cc1C(=O)NC1CCCCNC1=O. The van der Waals surface area contributed by atoms with E-state index < -0.39 is 11.9 Å². The molecule has 1 aromatic carbocycles. The molecular formula is C13H17N3O3. The van der Waals surface area contributed by atoms with Crippen molar-refractivity contribution in [1.82, 2.24) is 10.6 Å². The lowest BCUT2D eigenvalue weighted by atomic mass is 10.1. The first-order valence-corrected chi connectivity index (χ1v) is 6.25. The van der Waals surface area contributed by atoms with Crippen LogP contribution in [-0.2, 0) is 4.79 Å². The summed E-state index contributed by atoms with van der Waals surface area (Å²) in [5.41, 5.74) is 6.13. The summed E-state index contributed by atoms with van der Waals surface area (Å²) in [6, 6.07) is 3.61. The van der Waals surface area contributed by atoms with Gasteiger partial charge >= 0.3 is 0 Å². The molecule has 0 radical (unpaired) electrons. The van der Waals surface area contributed by atoms with E-state index in [4.69, 9.17) is 5.73 Å². The number of carbonyl (C=O) groups is 2. The number of nitrogen functional groups attached to an aromatic ring is 1. The minimum atomic E-state index is -0.545. The summed E-state index contributed by atoms with van der Waals surface area (Å²) >= 11 is 0. The second kappa shape index (κ2) is 5.60. The van der Waals surface area contributed by atoms with Gasteiger partial charge in [0.15, 0.2) is 0 Å². The third-order valence-electron chi connectivity index (χ3n) is 3.12. The van der Waals surface area contributed by atoms with E-state index in [1.807, 2.05) is 0 Å². The van der Waals surface area contributed by atoms with Gasteiger partial charge in [-0.2, -0.15) is 0 Å². The molecule has 1 aliphatic heterocycles. The molecule has 0 bridgehead atoms. The molecule has 19 heavy (non-hydrogen) atoms. The first kappa shape index (κ1) is 13.2. The van der Waals surface area contributed by atoms with Crippen molar-refractivity contribution in [2.75, 3.05) is 12.3 Å². The van der Waals surface area contributed by atoms with Crippen LogP contribution < -0.4 is 16.4 Å². The summed E-state index contributed by atoms with van der Waals surface area (Å²) in [6.07, 6.45) is 2.39. The van der Waals surface area contributed by atoms with Gasteiger partial charge in [-0.15, -0.1) is 0 Å². The number of benzene rings is 1. The molecule has 5 N–H and O–H groups in total. The van der Waals surface area contributed by atoms with E-state index in [1.165, 1.54) is 18.2 Å². The number of hydrogen-bond acceptors (Lipinski definition) is 4. The molecule has 0 saturated carbocycles. The van der Waals surface area contributed by atoms with Crippen LogP contribution in [0.4, 0.5) is 5.69 Å². The summed E-state index contributed by atoms with van der Waals surface area (Å²) < 4.78 is 0. The maximum Gasteiger partial charge on any atom is 0.254 e. The highest BCUT2D eigenvalue weighted by atomic mass is 16.3. The van der Waals surface area contributed by atoms with Gasteiger partial charge in [0.25, 0.3) is 5.91 Å². The van der Waals surface area contributed by atoms with Gasteiger partial charge in [-0.05, 0) is 37.5 Å². The molecule has 1 atom stereocenters. The van der Waals surface area contributed by atoms with E-state index in [0.717, 1.165) is 12.8 Å². The minimum Gasteiger partial charge on any atom is -0.508 e. The Kier molecular flexibility index (Phi) is 3.89. The van der Waals surface area contributed by atoms with Crippen molar-refractivity contribution >= 4 is 17.5 Å². The topological polar surface area (TPSA) is 104 Å². The van der Waals surface area contributed by atoms with E-state index in [-0.39, 0.29) is 22.9 Å². The van der Waals surface area contributed by atoms with Gasteiger partial charge in [-0.3, -0.25) is 9.59 Å². The zero-order chi connectivity index (χ0) is 13.8. The van der Waals surface area contributed by atoms with Crippen LogP contribution >= 0.6 is 0 Å². The zero-order valence-electron chi connectivity index (χ0n) is 10.5. The van der Waals surface area contributed by atoms with Gasteiger partial charge in [0.05, 0.1) is 5.56 Å². The number of rotatable bonds is 2. The van der Waals surface area contributed by atoms with E-state index >= 15 is 0 Å². The van der Waals surface area contributed by atoms with E-state index in [1.54, 1.807) is 0 Å². The van der Waals surface area contributed by atoms with Crippen LogP contribution in [0.2, 0.25) is 0 Å². The van der Waals surface area contributed by atoms with Crippen molar-refractivity contribution in [3.8, 4) is 5.75 Å². The van der Waals surface area contributed by atoms with Crippen LogP contribution in [0.1, 0.15) is 29.6 Å². The van der Waals surface area contributed by atoms with Crippen molar-refractivity contribution in [2.45, 2.75) is 25.3 Å². The average Bonchev–Trinajstić information content (AvgIpc) is 2.58. The standard InChI is InChI=1S/C13H17N3O3/c14-10-5-4-8(17)7-9(10)12(18)16-11-3-1-2-6-15-13(11)19/h4-5,7,11,17H,1-3,6,14H2,(H,15,19)(H,16,18). The molecule has 2 amide bonds. The molecule has 0 aromatic heterocycles. The lowest BCUT2D eigenvalue weighted by molar-refractivity contribution is -0.122. The molecule has 1 unspecified atom stereocenters. The highest BCUT2D eigenvalue weighted by Gasteiger charge is 2.23. The van der Waals surface area contributed by atoms with Crippen LogP contribution in [0.5, 0.6) is 5.75 Å². The molecule has 0 spiro atoms. The molecule has 1 heterocycles. The van der Waals surface area contributed by atoms with Gasteiger partial charge in [0.2, 0.25) is 5.91 Å². The number of phenolic OH excluding ortho intramolecular Hbond substituents is 1. The van der Waals surface area contributed by atoms with Gasteiger partial charge in [-0.25, -0.2) is 0 Å². The highest BCUT2D eigenvalue weighted by molar-refractivity contribution is 6.01. The number of amides is 2. The zero-order valence-corrected chi connectivity index (χ0v) is 10.5. The van der Waals surface area contributed by atoms with E-state index in [2.05, 4.69) is 10.6 Å². The Bertz CT molecular complexity index is 502. The van der Waals surface area contributed by atoms with E-state index in [0.29, 0.717) is 13.0 Å². The van der Waals surface area contributed by atoms with Gasteiger partial charge in [0, 0.05) is 12.2 Å². The van der Waals surface area contributed by atoms with Crippen molar-refractivity contribution in [1.29, 1.82) is 0 Å². The molecule has 102 valence electrons. The van der Waals surface area contributed by atoms with Gasteiger partial charge < -0.3 is 21.5 Å². The second-order valence-electron chi connectivity index (χ2n) is 4.58. The summed E-state index contributed by atoms with van der Waals surface area (Å²) in [6.45, 7) is 0.638. The van der Waals surface area contributed by atoms with Crippen LogP contribution in [0.15, 0.2) is 18.2 Å². The molecule has 0 aliphatic carbocycles. The predicted molar refractivity (Wildman–Crippen MR) is 70.6 cm³/mol. The Labute approximate surface area is 111 Å². The van der Waals surface area contributed by atoms with E-state index in [9.17, 15) is 14.7 Å². The number of carbonyl (C=O) groups excluding carboxylic acids is 2. The van der Waals surface area contributed by atoms with Gasteiger partial charge in [-0.1, -0.05) is 0 Å². The Morgan fingerprint density at radius 3 is 3.00 bits per heavy atom. The van der Waals surface area contributed by atoms with Crippen molar-refractivity contribution in [2.24, 2.45) is 0 Å². The fourth-order valence-electron chi connectivity index (χ4n) is 2.05. The van der Waals surface area contributed by atoms with Gasteiger partial charge in [0.1, 0.15) is 11.8 Å². The number of nitrogens with one attached hydrogen (secondary N) is 2. The summed E-state index contributed by atoms with van der Waals surface area (Å²) in [5, 5.41) is 14.8. The maximum absolute atomic E-state index is 12.1. The lowest BCUT2D eigenvalue weighted by Gasteiger charge is -2.16. The fourth-order valence-corrected chi connectivity index (χ4v) is 2.05. The molecule has 6 heteroatoms. The second-order valence-corrected chi connectivity index (χ2v) is 4.58. The largest absolute Gasteiger partial charge is 0.508 e. The first-order valence-electron chi connectivity index (χ1n) is 6.25. The average molecular weight is 263 g/mol. The molecular weight excluding hydrogens is 246 g/mol. The number of phenols is 1. The quantitative estimate of drug-likeness (QED) is 0.457. The fraction of sp³-hybridized carbons (Fsp3) is 0.385.